The molecule has 2 aliphatic rings. The van der Waals surface area contributed by atoms with Crippen LogP contribution < -0.4 is 20.1 Å². The Bertz CT molecular complexity index is 1160. The highest BCUT2D eigenvalue weighted by Crippen LogP contribution is 2.40. The van der Waals surface area contributed by atoms with Gasteiger partial charge in [-0.1, -0.05) is 11.6 Å². The Morgan fingerprint density at radius 3 is 2.67 bits per heavy atom. The number of rotatable bonds is 6. The number of benzene rings is 2. The number of nitrogens with one attached hydrogen (secondary N) is 2. The minimum atomic E-state index is -0.559. The number of methoxy groups -OCH3 is 1. The molecule has 1 aliphatic carbocycles. The minimum Gasteiger partial charge on any atom is -0.493 e. The molecule has 1 aromatic heterocycles. The van der Waals surface area contributed by atoms with Crippen LogP contribution in [0.15, 0.2) is 35.1 Å². The second-order valence-corrected chi connectivity index (χ2v) is 9.65. The first-order chi connectivity index (χ1) is 15.5. The van der Waals surface area contributed by atoms with Gasteiger partial charge in [-0.15, -0.1) is 12.4 Å². The van der Waals surface area contributed by atoms with Gasteiger partial charge in [-0.2, -0.15) is 0 Å². The summed E-state index contributed by atoms with van der Waals surface area (Å²) in [7, 11) is 1.60. The molecule has 2 fully saturated rings. The molecule has 2 aromatic carbocycles. The van der Waals surface area contributed by atoms with Gasteiger partial charge in [-0.25, -0.2) is 14.4 Å². The zero-order valence-electron chi connectivity index (χ0n) is 17.9. The quantitative estimate of drug-likeness (QED) is 0.363. The van der Waals surface area contributed by atoms with Crippen molar-refractivity contribution in [2.24, 2.45) is 17.8 Å². The number of fused-ring (bicyclic) bond motifs is 2. The molecule has 3 aromatic rings. The average molecular weight is 558 g/mol. The molecule has 5 rings (SSSR count). The number of nitrogens with zero attached hydrogens (tertiary/aromatic N) is 2. The smallest absolute Gasteiger partial charge is 0.166 e. The molecule has 10 heteroatoms. The van der Waals surface area contributed by atoms with E-state index in [1.807, 2.05) is 12.1 Å². The van der Waals surface area contributed by atoms with Crippen LogP contribution in [0.1, 0.15) is 12.8 Å². The minimum absolute atomic E-state index is 0. The first kappa shape index (κ1) is 24.3. The van der Waals surface area contributed by atoms with Crippen molar-refractivity contribution in [3.8, 4) is 11.5 Å². The van der Waals surface area contributed by atoms with Gasteiger partial charge in [0, 0.05) is 15.9 Å². The Balaban J connectivity index is 0.00000259. The van der Waals surface area contributed by atoms with Crippen LogP contribution in [0.5, 0.6) is 11.5 Å². The number of hydrogen-bond acceptors (Lipinski definition) is 6. The summed E-state index contributed by atoms with van der Waals surface area (Å²) < 4.78 is 26.8. The summed E-state index contributed by atoms with van der Waals surface area (Å²) in [5.74, 6) is 3.24. The van der Waals surface area contributed by atoms with E-state index < -0.39 is 5.82 Å². The van der Waals surface area contributed by atoms with Crippen molar-refractivity contribution in [3.63, 3.8) is 0 Å². The summed E-state index contributed by atoms with van der Waals surface area (Å²) in [6, 6.07) is 6.94. The third-order valence-electron chi connectivity index (χ3n) is 6.44. The van der Waals surface area contributed by atoms with Crippen molar-refractivity contribution in [1.29, 1.82) is 0 Å². The Kier molecular flexibility index (Phi) is 7.48. The summed E-state index contributed by atoms with van der Waals surface area (Å²) in [6.45, 7) is 2.91. The van der Waals surface area contributed by atoms with E-state index in [4.69, 9.17) is 21.1 Å². The molecule has 0 amide bonds. The van der Waals surface area contributed by atoms with E-state index in [1.165, 1.54) is 19.2 Å². The van der Waals surface area contributed by atoms with E-state index in [0.717, 1.165) is 24.9 Å². The molecular weight excluding hydrogens is 534 g/mol. The van der Waals surface area contributed by atoms with Crippen molar-refractivity contribution >= 4 is 62.3 Å². The van der Waals surface area contributed by atoms with E-state index in [1.54, 1.807) is 19.2 Å². The summed E-state index contributed by atoms with van der Waals surface area (Å²) in [5, 5.41) is 7.19. The fourth-order valence-corrected chi connectivity index (χ4v) is 5.29. The molecule has 1 aliphatic heterocycles. The van der Waals surface area contributed by atoms with Crippen molar-refractivity contribution in [2.75, 3.05) is 32.1 Å². The lowest BCUT2D eigenvalue weighted by Crippen LogP contribution is -2.15. The zero-order chi connectivity index (χ0) is 22.2. The molecule has 33 heavy (non-hydrogen) atoms. The Labute approximate surface area is 211 Å². The zero-order valence-corrected chi connectivity index (χ0v) is 21.1. The highest BCUT2D eigenvalue weighted by atomic mass is 79.9. The molecule has 3 atom stereocenters. The third-order valence-corrected chi connectivity index (χ3v) is 7.69. The lowest BCUT2D eigenvalue weighted by Gasteiger charge is -2.17. The molecule has 1 saturated carbocycles. The van der Waals surface area contributed by atoms with Crippen LogP contribution in [-0.2, 0) is 0 Å². The van der Waals surface area contributed by atoms with Gasteiger partial charge < -0.3 is 20.1 Å². The topological polar surface area (TPSA) is 68.3 Å². The molecule has 0 radical (unpaired) electrons. The van der Waals surface area contributed by atoms with E-state index in [2.05, 4.69) is 36.5 Å². The van der Waals surface area contributed by atoms with E-state index in [-0.39, 0.29) is 23.1 Å². The van der Waals surface area contributed by atoms with Crippen molar-refractivity contribution in [3.05, 3.63) is 45.9 Å². The van der Waals surface area contributed by atoms with Crippen molar-refractivity contribution in [2.45, 2.75) is 12.8 Å². The van der Waals surface area contributed by atoms with E-state index >= 15 is 0 Å². The van der Waals surface area contributed by atoms with Gasteiger partial charge >= 0.3 is 0 Å². The number of ether oxygens (including phenoxy) is 2. The predicted molar refractivity (Wildman–Crippen MR) is 134 cm³/mol. The second-order valence-electron chi connectivity index (χ2n) is 8.42. The summed E-state index contributed by atoms with van der Waals surface area (Å²) in [4.78, 5) is 8.67. The highest BCUT2D eigenvalue weighted by Gasteiger charge is 2.37. The number of anilines is 2. The normalized spacial score (nSPS) is 21.5. The van der Waals surface area contributed by atoms with Crippen LogP contribution in [0.2, 0.25) is 5.02 Å². The first-order valence-electron chi connectivity index (χ1n) is 10.6. The van der Waals surface area contributed by atoms with Crippen LogP contribution in [0, 0.1) is 23.6 Å². The van der Waals surface area contributed by atoms with Crippen LogP contribution in [0.25, 0.3) is 10.9 Å². The van der Waals surface area contributed by atoms with Crippen molar-refractivity contribution < 1.29 is 13.9 Å². The van der Waals surface area contributed by atoms with E-state index in [0.29, 0.717) is 45.2 Å². The molecule has 2 N–H and O–H groups in total. The fraction of sp³-hybridized carbons (Fsp3) is 0.391. The van der Waals surface area contributed by atoms with Crippen LogP contribution in [0.3, 0.4) is 0 Å². The largest absolute Gasteiger partial charge is 0.493 e. The SMILES string of the molecule is COc1cc2c(Nc3ccc(Br)c(Cl)c3F)ncnc2cc1OCC1C[C@H]2CNC[C@H]2C1.Cl. The maximum Gasteiger partial charge on any atom is 0.166 e. The molecule has 6 nitrogen and oxygen atoms in total. The Morgan fingerprint density at radius 2 is 1.94 bits per heavy atom. The van der Waals surface area contributed by atoms with Gasteiger partial charge in [0.1, 0.15) is 12.1 Å². The Morgan fingerprint density at radius 1 is 1.18 bits per heavy atom. The number of hydrogen-bond donors (Lipinski definition) is 2. The van der Waals surface area contributed by atoms with E-state index in [9.17, 15) is 4.39 Å². The maximum atomic E-state index is 14.6. The number of aromatic nitrogens is 2. The van der Waals surface area contributed by atoms with Gasteiger partial charge in [0.2, 0.25) is 0 Å². The monoisotopic (exact) mass is 556 g/mol. The van der Waals surface area contributed by atoms with Crippen LogP contribution in [-0.4, -0.2) is 36.8 Å². The third kappa shape index (κ3) is 4.85. The highest BCUT2D eigenvalue weighted by molar-refractivity contribution is 9.10. The molecule has 1 saturated heterocycles. The maximum absolute atomic E-state index is 14.6. The van der Waals surface area contributed by atoms with Crippen LogP contribution >= 0.6 is 39.9 Å². The summed E-state index contributed by atoms with van der Waals surface area (Å²) in [6.07, 6.45) is 3.83. The predicted octanol–water partition coefficient (Wildman–Crippen LogP) is 5.98. The van der Waals surface area contributed by atoms with Gasteiger partial charge in [-0.05, 0) is 77.8 Å². The molecule has 0 bridgehead atoms. The number of halogens is 4. The standard InChI is InChI=1S/C23H23BrClFN4O2.ClH/c1-31-19-6-15-18(7-20(19)32-10-12-4-13-8-27-9-14(13)5-12)28-11-29-23(15)30-17-3-2-16(24)21(25)22(17)26;/h2-3,6-7,11-14,27H,4-5,8-10H2,1H3,(H,28,29,30);1H/t12?,13-,14+;. The van der Waals surface area contributed by atoms with Gasteiger partial charge in [0.25, 0.3) is 0 Å². The molecular formula is C23H24BrCl2FN4O2. The van der Waals surface area contributed by atoms with Gasteiger partial charge in [-0.3, -0.25) is 0 Å². The lowest BCUT2D eigenvalue weighted by molar-refractivity contribution is 0.234. The Hall–Kier alpha value is -1.87. The molecule has 2 heterocycles. The molecule has 1 unspecified atom stereocenters. The lowest BCUT2D eigenvalue weighted by atomic mass is 10.0. The summed E-state index contributed by atoms with van der Waals surface area (Å²) in [5.41, 5.74) is 0.896. The van der Waals surface area contributed by atoms with Gasteiger partial charge in [0.15, 0.2) is 17.3 Å². The first-order valence-corrected chi connectivity index (χ1v) is 11.8. The average Bonchev–Trinajstić information content (AvgIpc) is 3.39. The molecule has 176 valence electrons. The van der Waals surface area contributed by atoms with Gasteiger partial charge in [0.05, 0.1) is 29.9 Å². The summed E-state index contributed by atoms with van der Waals surface area (Å²) >= 11 is 9.25. The molecule has 0 spiro atoms. The van der Waals surface area contributed by atoms with Crippen molar-refractivity contribution in [1.82, 2.24) is 15.3 Å². The van der Waals surface area contributed by atoms with Crippen LogP contribution in [0.4, 0.5) is 15.9 Å². The fourth-order valence-electron chi connectivity index (χ4n) is 4.82. The second kappa shape index (κ2) is 10.2.